The zero-order valence-electron chi connectivity index (χ0n) is 7.10. The van der Waals surface area contributed by atoms with Gasteiger partial charge in [0.2, 0.25) is 0 Å². The number of ketones is 1. The first-order valence-corrected chi connectivity index (χ1v) is 4.05. The summed E-state index contributed by atoms with van der Waals surface area (Å²) in [5.41, 5.74) is 6.28. The van der Waals surface area contributed by atoms with Crippen molar-refractivity contribution in [2.45, 2.75) is 6.92 Å². The molecular weight excluding hydrogens is 188 g/mol. The van der Waals surface area contributed by atoms with Crippen molar-refractivity contribution in [3.8, 4) is 0 Å². The van der Waals surface area contributed by atoms with E-state index >= 15 is 0 Å². The van der Waals surface area contributed by atoms with Gasteiger partial charge in [-0.15, -0.1) is 0 Å². The number of halogens is 1. The van der Waals surface area contributed by atoms with Gasteiger partial charge in [-0.1, -0.05) is 11.6 Å². The van der Waals surface area contributed by atoms with Crippen molar-refractivity contribution in [3.05, 3.63) is 28.8 Å². The van der Waals surface area contributed by atoms with Crippen LogP contribution >= 0.6 is 11.6 Å². The van der Waals surface area contributed by atoms with Gasteiger partial charge in [-0.2, -0.15) is 0 Å². The highest BCUT2D eigenvalue weighted by atomic mass is 35.5. The van der Waals surface area contributed by atoms with E-state index in [0.717, 1.165) is 0 Å². The molecule has 0 aromatic heterocycles. The minimum atomic E-state index is -0.311. The average molecular weight is 197 g/mol. The maximum absolute atomic E-state index is 10.9. The highest BCUT2D eigenvalue weighted by Crippen LogP contribution is 2.18. The Labute approximate surface area is 81.0 Å². The molecule has 4 heteroatoms. The SMILES string of the molecule is CC(=O)C(=N)c1ccc(Cl)cc1N. The fourth-order valence-electron chi connectivity index (χ4n) is 0.951. The Bertz CT molecular complexity index is 374. The number of hydrogen-bond acceptors (Lipinski definition) is 3. The largest absolute Gasteiger partial charge is 0.398 e. The van der Waals surface area contributed by atoms with Gasteiger partial charge in [0.1, 0.15) is 5.71 Å². The van der Waals surface area contributed by atoms with E-state index < -0.39 is 0 Å². The van der Waals surface area contributed by atoms with Gasteiger partial charge in [0.15, 0.2) is 5.78 Å². The van der Waals surface area contributed by atoms with Crippen LogP contribution in [0.3, 0.4) is 0 Å². The van der Waals surface area contributed by atoms with Gasteiger partial charge in [0.05, 0.1) is 0 Å². The summed E-state index contributed by atoms with van der Waals surface area (Å²) < 4.78 is 0. The molecule has 13 heavy (non-hydrogen) atoms. The lowest BCUT2D eigenvalue weighted by molar-refractivity contribution is -0.111. The molecule has 68 valence electrons. The highest BCUT2D eigenvalue weighted by molar-refractivity contribution is 6.45. The summed E-state index contributed by atoms with van der Waals surface area (Å²) in [7, 11) is 0. The molecule has 0 heterocycles. The van der Waals surface area contributed by atoms with Gasteiger partial charge in [0.25, 0.3) is 0 Å². The Morgan fingerprint density at radius 2 is 2.15 bits per heavy atom. The van der Waals surface area contributed by atoms with Crippen molar-refractivity contribution >= 4 is 28.8 Å². The standard InChI is InChI=1S/C9H9ClN2O/c1-5(13)9(12)7-3-2-6(10)4-8(7)11/h2-4,12H,11H2,1H3. The first kappa shape index (κ1) is 9.74. The topological polar surface area (TPSA) is 66.9 Å². The Balaban J connectivity index is 3.16. The molecule has 0 bridgehead atoms. The number of nitrogen functional groups attached to an aromatic ring is 1. The Morgan fingerprint density at radius 3 is 2.62 bits per heavy atom. The maximum atomic E-state index is 10.9. The summed E-state index contributed by atoms with van der Waals surface area (Å²) in [4.78, 5) is 10.9. The van der Waals surface area contributed by atoms with Crippen molar-refractivity contribution in [2.75, 3.05) is 5.73 Å². The Morgan fingerprint density at radius 1 is 1.54 bits per heavy atom. The fourth-order valence-corrected chi connectivity index (χ4v) is 1.13. The van der Waals surface area contributed by atoms with E-state index in [1.807, 2.05) is 0 Å². The molecular formula is C9H9ClN2O. The molecule has 3 nitrogen and oxygen atoms in total. The molecule has 0 saturated heterocycles. The van der Waals surface area contributed by atoms with Crippen molar-refractivity contribution in [3.63, 3.8) is 0 Å². The van der Waals surface area contributed by atoms with Crippen molar-refractivity contribution in [1.29, 1.82) is 5.41 Å². The molecule has 0 atom stereocenters. The predicted molar refractivity (Wildman–Crippen MR) is 53.4 cm³/mol. The Hall–Kier alpha value is -1.35. The zero-order chi connectivity index (χ0) is 10.0. The van der Waals surface area contributed by atoms with Crippen LogP contribution in [-0.4, -0.2) is 11.5 Å². The zero-order valence-corrected chi connectivity index (χ0v) is 7.85. The quantitative estimate of drug-likeness (QED) is 0.560. The minimum Gasteiger partial charge on any atom is -0.398 e. The minimum absolute atomic E-state index is 0.0887. The molecule has 0 saturated carbocycles. The highest BCUT2D eigenvalue weighted by Gasteiger charge is 2.09. The number of hydrogen-bond donors (Lipinski definition) is 2. The summed E-state index contributed by atoms with van der Waals surface area (Å²) >= 11 is 5.67. The molecule has 0 radical (unpaired) electrons. The normalized spacial score (nSPS) is 9.69. The van der Waals surface area contributed by atoms with Gasteiger partial charge in [0, 0.05) is 23.2 Å². The van der Waals surface area contributed by atoms with Crippen LogP contribution in [-0.2, 0) is 4.79 Å². The monoisotopic (exact) mass is 196 g/mol. The summed E-state index contributed by atoms with van der Waals surface area (Å²) in [6, 6.07) is 4.69. The molecule has 0 spiro atoms. The summed E-state index contributed by atoms with van der Waals surface area (Å²) in [6.45, 7) is 1.33. The molecule has 1 aromatic carbocycles. The fraction of sp³-hybridized carbons (Fsp3) is 0.111. The molecule has 1 rings (SSSR count). The first-order chi connectivity index (χ1) is 6.02. The average Bonchev–Trinajstić information content (AvgIpc) is 2.03. The van der Waals surface area contributed by atoms with Crippen LogP contribution in [0, 0.1) is 5.41 Å². The molecule has 0 amide bonds. The van der Waals surface area contributed by atoms with Crippen molar-refractivity contribution < 1.29 is 4.79 Å². The Kier molecular flexibility index (Phi) is 2.68. The second kappa shape index (κ2) is 3.58. The molecule has 0 fully saturated rings. The van der Waals surface area contributed by atoms with E-state index in [1.54, 1.807) is 12.1 Å². The third-order valence-electron chi connectivity index (χ3n) is 1.64. The van der Waals surface area contributed by atoms with Crippen LogP contribution in [0.1, 0.15) is 12.5 Å². The predicted octanol–water partition coefficient (Wildman–Crippen LogP) is 1.88. The number of rotatable bonds is 2. The lowest BCUT2D eigenvalue weighted by Crippen LogP contribution is -2.12. The molecule has 0 aliphatic heterocycles. The molecule has 3 N–H and O–H groups in total. The second-order valence-corrected chi connectivity index (χ2v) is 3.10. The van der Waals surface area contributed by atoms with Gasteiger partial charge in [-0.25, -0.2) is 0 Å². The summed E-state index contributed by atoms with van der Waals surface area (Å²) in [5.74, 6) is -0.311. The van der Waals surface area contributed by atoms with E-state index in [4.69, 9.17) is 22.7 Å². The first-order valence-electron chi connectivity index (χ1n) is 3.67. The van der Waals surface area contributed by atoms with Gasteiger partial charge in [-0.05, 0) is 18.2 Å². The van der Waals surface area contributed by atoms with Gasteiger partial charge in [-0.3, -0.25) is 10.2 Å². The maximum Gasteiger partial charge on any atom is 0.178 e. The van der Waals surface area contributed by atoms with Crippen LogP contribution in [0.4, 0.5) is 5.69 Å². The van der Waals surface area contributed by atoms with Gasteiger partial charge < -0.3 is 5.73 Å². The number of anilines is 1. The number of carbonyl (C=O) groups excluding carboxylic acids is 1. The van der Waals surface area contributed by atoms with Crippen LogP contribution in [0.5, 0.6) is 0 Å². The molecule has 1 aromatic rings. The van der Waals surface area contributed by atoms with E-state index in [-0.39, 0.29) is 11.5 Å². The molecule has 0 aliphatic carbocycles. The summed E-state index contributed by atoms with van der Waals surface area (Å²) in [5, 5.41) is 7.92. The third-order valence-corrected chi connectivity index (χ3v) is 1.87. The van der Waals surface area contributed by atoms with Crippen LogP contribution < -0.4 is 5.73 Å². The lowest BCUT2D eigenvalue weighted by Gasteiger charge is -2.04. The number of nitrogens with one attached hydrogen (secondary N) is 1. The second-order valence-electron chi connectivity index (χ2n) is 2.66. The van der Waals surface area contributed by atoms with E-state index in [0.29, 0.717) is 16.3 Å². The lowest BCUT2D eigenvalue weighted by atomic mass is 10.1. The summed E-state index contributed by atoms with van der Waals surface area (Å²) in [6.07, 6.45) is 0. The van der Waals surface area contributed by atoms with Crippen LogP contribution in [0.25, 0.3) is 0 Å². The van der Waals surface area contributed by atoms with E-state index in [1.165, 1.54) is 13.0 Å². The van der Waals surface area contributed by atoms with E-state index in [9.17, 15) is 4.79 Å². The van der Waals surface area contributed by atoms with E-state index in [2.05, 4.69) is 0 Å². The van der Waals surface area contributed by atoms with Crippen molar-refractivity contribution in [1.82, 2.24) is 0 Å². The number of Topliss-reactive ketones (excluding diaryl/α,β-unsaturated/α-hetero) is 1. The van der Waals surface area contributed by atoms with Crippen LogP contribution in [0.15, 0.2) is 18.2 Å². The number of carbonyl (C=O) groups is 1. The number of nitrogens with two attached hydrogens (primary N) is 1. The van der Waals surface area contributed by atoms with Crippen molar-refractivity contribution in [2.24, 2.45) is 0 Å². The smallest absolute Gasteiger partial charge is 0.178 e. The van der Waals surface area contributed by atoms with Crippen LogP contribution in [0.2, 0.25) is 5.02 Å². The molecule has 0 aliphatic rings. The van der Waals surface area contributed by atoms with Gasteiger partial charge >= 0.3 is 0 Å². The number of benzene rings is 1. The molecule has 0 unspecified atom stereocenters. The third kappa shape index (κ3) is 2.06.